The first kappa shape index (κ1) is 31.5. The number of hydrogen-bond acceptors (Lipinski definition) is 7. The van der Waals surface area contributed by atoms with Crippen LogP contribution in [0, 0.1) is 5.82 Å². The number of nitrogens with zero attached hydrogens (tertiary/aromatic N) is 1. The first-order chi connectivity index (χ1) is 20.2. The summed E-state index contributed by atoms with van der Waals surface area (Å²) in [6.45, 7) is 0.0722. The van der Waals surface area contributed by atoms with E-state index in [0.717, 1.165) is 18.2 Å². The van der Waals surface area contributed by atoms with Gasteiger partial charge in [0.2, 0.25) is 5.60 Å². The molecule has 0 bridgehead atoms. The third-order valence-corrected chi connectivity index (χ3v) is 6.92. The van der Waals surface area contributed by atoms with E-state index in [1.54, 1.807) is 0 Å². The van der Waals surface area contributed by atoms with Gasteiger partial charge in [-0.1, -0.05) is 0 Å². The Balaban J connectivity index is 1.70. The lowest BCUT2D eigenvalue weighted by molar-refractivity contribution is -0.265. The molecule has 1 saturated carbocycles. The summed E-state index contributed by atoms with van der Waals surface area (Å²) in [7, 11) is 1.29. The van der Waals surface area contributed by atoms with Crippen LogP contribution in [-0.4, -0.2) is 64.8 Å². The summed E-state index contributed by atoms with van der Waals surface area (Å²) in [5.41, 5.74) is -5.66. The molecule has 230 valence electrons. The number of carboxylic acid groups (broad SMARTS) is 1. The number of ether oxygens (including phenoxy) is 2. The average molecular weight is 608 g/mol. The molecule has 0 aliphatic heterocycles. The topological polar surface area (TPSA) is 150 Å². The molecule has 2 amide bonds. The summed E-state index contributed by atoms with van der Waals surface area (Å²) in [5, 5.41) is 34.3. The number of carbonyl (C=O) groups is 2. The Morgan fingerprint density at radius 3 is 2.30 bits per heavy atom. The van der Waals surface area contributed by atoms with Gasteiger partial charge in [0.05, 0.1) is 36.7 Å². The molecule has 1 aliphatic carbocycles. The Morgan fingerprint density at radius 1 is 1.07 bits per heavy atom. The third-order valence-electron chi connectivity index (χ3n) is 6.92. The molecular formula is C29H29F4N3O7. The highest BCUT2D eigenvalue weighted by Gasteiger charge is 2.57. The van der Waals surface area contributed by atoms with E-state index in [1.165, 1.54) is 50.4 Å². The molecule has 3 aromatic rings. The van der Waals surface area contributed by atoms with Crippen LogP contribution in [0.25, 0.3) is 11.3 Å². The molecule has 4 rings (SSSR count). The maximum absolute atomic E-state index is 14.5. The molecule has 1 aromatic heterocycles. The largest absolute Gasteiger partial charge is 0.493 e. The fraction of sp³-hybridized carbons (Fsp3) is 0.345. The van der Waals surface area contributed by atoms with Crippen molar-refractivity contribution in [1.29, 1.82) is 0 Å². The van der Waals surface area contributed by atoms with Crippen LogP contribution >= 0.6 is 0 Å². The molecule has 0 spiro atoms. The van der Waals surface area contributed by atoms with Gasteiger partial charge >= 0.3 is 12.3 Å². The minimum atomic E-state index is -5.35. The zero-order valence-corrected chi connectivity index (χ0v) is 23.0. The first-order valence-electron chi connectivity index (χ1n) is 13.0. The number of amides is 2. The van der Waals surface area contributed by atoms with E-state index in [1.807, 2.05) is 0 Å². The Bertz CT molecular complexity index is 1490. The Kier molecular flexibility index (Phi) is 8.83. The van der Waals surface area contributed by atoms with E-state index in [0.29, 0.717) is 0 Å². The second kappa shape index (κ2) is 12.1. The quantitative estimate of drug-likeness (QED) is 0.205. The molecule has 5 N–H and O–H groups in total. The minimum Gasteiger partial charge on any atom is -0.493 e. The van der Waals surface area contributed by atoms with Crippen molar-refractivity contribution in [2.24, 2.45) is 0 Å². The number of aliphatic hydroxyl groups excluding tert-OH is 1. The minimum absolute atomic E-state index is 0.0718. The van der Waals surface area contributed by atoms with Crippen molar-refractivity contribution in [2.45, 2.75) is 43.2 Å². The number of alkyl halides is 3. The lowest BCUT2D eigenvalue weighted by Gasteiger charge is -2.31. The van der Waals surface area contributed by atoms with Gasteiger partial charge in [0.1, 0.15) is 12.4 Å². The van der Waals surface area contributed by atoms with E-state index in [-0.39, 0.29) is 53.3 Å². The lowest BCUT2D eigenvalue weighted by atomic mass is 9.92. The SMILES string of the molecule is COc1cc(C(=O)NCC(O)(c2cc(C3(NC(=O)O)CC3)cc(-c3ccc(F)cc3)n2)C(F)(F)F)ccc1OCC(C)O. The maximum Gasteiger partial charge on any atom is 0.424 e. The van der Waals surface area contributed by atoms with Crippen LogP contribution in [0.4, 0.5) is 22.4 Å². The smallest absolute Gasteiger partial charge is 0.424 e. The van der Waals surface area contributed by atoms with Gasteiger partial charge in [-0.15, -0.1) is 0 Å². The van der Waals surface area contributed by atoms with E-state index in [2.05, 4.69) is 15.6 Å². The van der Waals surface area contributed by atoms with Gasteiger partial charge < -0.3 is 35.4 Å². The first-order valence-corrected chi connectivity index (χ1v) is 13.0. The Hall–Kier alpha value is -4.43. The van der Waals surface area contributed by atoms with E-state index in [9.17, 15) is 42.5 Å². The fourth-order valence-corrected chi connectivity index (χ4v) is 4.39. The predicted molar refractivity (Wildman–Crippen MR) is 144 cm³/mol. The van der Waals surface area contributed by atoms with Gasteiger partial charge in [0.25, 0.3) is 5.91 Å². The Morgan fingerprint density at radius 2 is 1.74 bits per heavy atom. The second-order valence-electron chi connectivity index (χ2n) is 10.2. The van der Waals surface area contributed by atoms with Crippen molar-refractivity contribution in [1.82, 2.24) is 15.6 Å². The van der Waals surface area contributed by atoms with Crippen molar-refractivity contribution in [3.8, 4) is 22.8 Å². The number of nitrogens with one attached hydrogen (secondary N) is 2. The number of rotatable bonds is 11. The number of halogens is 4. The van der Waals surface area contributed by atoms with Crippen LogP contribution in [0.15, 0.2) is 54.6 Å². The summed E-state index contributed by atoms with van der Waals surface area (Å²) in [6.07, 6.45) is -6.97. The van der Waals surface area contributed by atoms with Crippen molar-refractivity contribution in [3.63, 3.8) is 0 Å². The molecule has 1 aliphatic rings. The highest BCUT2D eigenvalue weighted by Crippen LogP contribution is 2.48. The van der Waals surface area contributed by atoms with E-state index < -0.39 is 53.5 Å². The van der Waals surface area contributed by atoms with Gasteiger partial charge in [-0.2, -0.15) is 13.2 Å². The average Bonchev–Trinajstić information content (AvgIpc) is 3.73. The molecule has 0 radical (unpaired) electrons. The summed E-state index contributed by atoms with van der Waals surface area (Å²) >= 11 is 0. The zero-order chi connectivity index (χ0) is 31.6. The summed E-state index contributed by atoms with van der Waals surface area (Å²) < 4.78 is 67.8. The van der Waals surface area contributed by atoms with Crippen molar-refractivity contribution < 1.29 is 51.9 Å². The predicted octanol–water partition coefficient (Wildman–Crippen LogP) is 4.09. The number of aliphatic hydroxyl groups is 2. The standard InChI is InChI=1S/C29H29F4N3O7/c1-16(37)14-43-22-8-5-18(11-23(22)42-2)25(38)34-15-28(41,29(31,32)33)24-13-19(27(9-10-27)36-26(39)40)12-21(35-24)17-3-6-20(30)7-4-17/h3-8,11-13,16,36-37,41H,9-10,14-15H2,1-2H3,(H,34,38)(H,39,40). The van der Waals surface area contributed by atoms with Crippen molar-refractivity contribution in [3.05, 3.63) is 77.2 Å². The fourth-order valence-electron chi connectivity index (χ4n) is 4.39. The van der Waals surface area contributed by atoms with E-state index >= 15 is 0 Å². The highest BCUT2D eigenvalue weighted by atomic mass is 19.4. The van der Waals surface area contributed by atoms with Crippen LogP contribution in [0.1, 0.15) is 41.4 Å². The van der Waals surface area contributed by atoms with Crippen LogP contribution in [0.2, 0.25) is 0 Å². The summed E-state index contributed by atoms with van der Waals surface area (Å²) in [4.78, 5) is 28.4. The molecule has 2 atom stereocenters. The monoisotopic (exact) mass is 607 g/mol. The van der Waals surface area contributed by atoms with Gasteiger partial charge in [-0.3, -0.25) is 4.79 Å². The molecule has 1 heterocycles. The van der Waals surface area contributed by atoms with Crippen LogP contribution in [0.5, 0.6) is 11.5 Å². The lowest BCUT2D eigenvalue weighted by Crippen LogP contribution is -2.51. The highest BCUT2D eigenvalue weighted by molar-refractivity contribution is 5.95. The van der Waals surface area contributed by atoms with Gasteiger partial charge in [-0.05, 0) is 79.9 Å². The van der Waals surface area contributed by atoms with Gasteiger partial charge in [0.15, 0.2) is 11.5 Å². The summed E-state index contributed by atoms with van der Waals surface area (Å²) in [6, 6.07) is 10.9. The van der Waals surface area contributed by atoms with Crippen LogP contribution in [-0.2, 0) is 11.1 Å². The number of methoxy groups -OCH3 is 1. The maximum atomic E-state index is 14.5. The molecule has 43 heavy (non-hydrogen) atoms. The van der Waals surface area contributed by atoms with Crippen molar-refractivity contribution >= 4 is 12.0 Å². The number of benzene rings is 2. The van der Waals surface area contributed by atoms with Crippen molar-refractivity contribution in [2.75, 3.05) is 20.3 Å². The molecule has 14 heteroatoms. The molecular weight excluding hydrogens is 578 g/mol. The normalized spacial score (nSPS) is 16.0. The third kappa shape index (κ3) is 6.97. The molecule has 2 aromatic carbocycles. The number of aromatic nitrogens is 1. The second-order valence-corrected chi connectivity index (χ2v) is 10.2. The summed E-state index contributed by atoms with van der Waals surface area (Å²) in [5.74, 6) is -1.31. The van der Waals surface area contributed by atoms with E-state index in [4.69, 9.17) is 9.47 Å². The molecule has 0 saturated heterocycles. The van der Waals surface area contributed by atoms with Crippen LogP contribution in [0.3, 0.4) is 0 Å². The van der Waals surface area contributed by atoms with Crippen LogP contribution < -0.4 is 20.1 Å². The number of hydrogen-bond donors (Lipinski definition) is 5. The molecule has 2 unspecified atom stereocenters. The number of pyridine rings is 1. The zero-order valence-electron chi connectivity index (χ0n) is 23.0. The van der Waals surface area contributed by atoms with Gasteiger partial charge in [0, 0.05) is 11.1 Å². The number of carbonyl (C=O) groups excluding carboxylic acids is 1. The Labute approximate surface area is 243 Å². The van der Waals surface area contributed by atoms with Gasteiger partial charge in [-0.25, -0.2) is 14.2 Å². The molecule has 1 fully saturated rings. The molecule has 10 nitrogen and oxygen atoms in total.